The van der Waals surface area contributed by atoms with Crippen molar-refractivity contribution in [1.82, 2.24) is 10.6 Å². The number of methoxy groups -OCH3 is 1. The lowest BCUT2D eigenvalue weighted by atomic mass is 9.78. The molecule has 4 nitrogen and oxygen atoms in total. The molecule has 1 saturated carbocycles. The van der Waals surface area contributed by atoms with E-state index in [4.69, 9.17) is 4.74 Å². The van der Waals surface area contributed by atoms with Crippen molar-refractivity contribution in [3.8, 4) is 0 Å². The number of carbonyl (C=O) groups excluding carboxylic acids is 1. The summed E-state index contributed by atoms with van der Waals surface area (Å²) in [4.78, 5) is 12.1. The van der Waals surface area contributed by atoms with E-state index in [0.717, 1.165) is 38.8 Å². The molecule has 0 spiro atoms. The van der Waals surface area contributed by atoms with Gasteiger partial charge in [0.05, 0.1) is 12.0 Å². The molecule has 1 aliphatic heterocycles. The van der Waals surface area contributed by atoms with Gasteiger partial charge in [-0.2, -0.15) is 0 Å². The summed E-state index contributed by atoms with van der Waals surface area (Å²) in [6.45, 7) is 2.39. The lowest BCUT2D eigenvalue weighted by Crippen LogP contribution is -2.50. The maximum atomic E-state index is 12.1. The van der Waals surface area contributed by atoms with E-state index in [-0.39, 0.29) is 23.7 Å². The average Bonchev–Trinajstić information content (AvgIpc) is 3.03. The Labute approximate surface area is 103 Å². The van der Waals surface area contributed by atoms with E-state index in [9.17, 15) is 4.79 Å². The van der Waals surface area contributed by atoms with E-state index in [1.807, 2.05) is 0 Å². The quantitative estimate of drug-likeness (QED) is 0.770. The first kappa shape index (κ1) is 13.7. The molecule has 94 valence electrons. The predicted octanol–water partition coefficient (Wildman–Crippen LogP) is 0.703. The second-order valence-electron chi connectivity index (χ2n) is 4.71. The number of hydrogen-bond acceptors (Lipinski definition) is 3. The van der Waals surface area contributed by atoms with E-state index < -0.39 is 0 Å². The molecule has 0 radical (unpaired) electrons. The SMILES string of the molecule is COCC1(C(=O)NC2CC2)CCNCC1.Cl. The van der Waals surface area contributed by atoms with Crippen molar-refractivity contribution < 1.29 is 9.53 Å². The number of piperidine rings is 1. The van der Waals surface area contributed by atoms with Gasteiger partial charge in [0.1, 0.15) is 0 Å². The van der Waals surface area contributed by atoms with Gasteiger partial charge in [0, 0.05) is 13.2 Å². The maximum Gasteiger partial charge on any atom is 0.228 e. The summed E-state index contributed by atoms with van der Waals surface area (Å²) in [5.41, 5.74) is -0.275. The molecule has 0 aromatic rings. The number of nitrogens with one attached hydrogen (secondary N) is 2. The zero-order chi connectivity index (χ0) is 10.7. The highest BCUT2D eigenvalue weighted by molar-refractivity contribution is 5.85. The van der Waals surface area contributed by atoms with Gasteiger partial charge in [-0.1, -0.05) is 0 Å². The molecular weight excluding hydrogens is 228 g/mol. The Morgan fingerprint density at radius 2 is 2.06 bits per heavy atom. The topological polar surface area (TPSA) is 50.4 Å². The maximum absolute atomic E-state index is 12.1. The summed E-state index contributed by atoms with van der Waals surface area (Å²) in [5, 5.41) is 6.39. The van der Waals surface area contributed by atoms with Crippen LogP contribution in [0, 0.1) is 5.41 Å². The van der Waals surface area contributed by atoms with Crippen LogP contribution >= 0.6 is 12.4 Å². The molecule has 0 aromatic carbocycles. The summed E-state index contributed by atoms with van der Waals surface area (Å²) in [6.07, 6.45) is 4.07. The van der Waals surface area contributed by atoms with Crippen LogP contribution in [-0.2, 0) is 9.53 Å². The largest absolute Gasteiger partial charge is 0.384 e. The van der Waals surface area contributed by atoms with Crippen molar-refractivity contribution in [1.29, 1.82) is 0 Å². The number of carbonyl (C=O) groups is 1. The Kier molecular flexibility index (Phi) is 5.02. The highest BCUT2D eigenvalue weighted by atomic mass is 35.5. The van der Waals surface area contributed by atoms with Crippen molar-refractivity contribution in [2.75, 3.05) is 26.8 Å². The Morgan fingerprint density at radius 1 is 1.44 bits per heavy atom. The highest BCUT2D eigenvalue weighted by Gasteiger charge is 2.41. The number of ether oxygens (including phenoxy) is 1. The number of halogens is 1. The minimum Gasteiger partial charge on any atom is -0.384 e. The molecule has 16 heavy (non-hydrogen) atoms. The molecule has 0 aromatic heterocycles. The van der Waals surface area contributed by atoms with Gasteiger partial charge >= 0.3 is 0 Å². The van der Waals surface area contributed by atoms with E-state index in [0.29, 0.717) is 12.6 Å². The normalized spacial score (nSPS) is 23.3. The molecule has 0 unspecified atom stereocenters. The first-order valence-electron chi connectivity index (χ1n) is 5.77. The zero-order valence-corrected chi connectivity index (χ0v) is 10.6. The van der Waals surface area contributed by atoms with E-state index >= 15 is 0 Å². The molecule has 2 aliphatic rings. The fourth-order valence-electron chi connectivity index (χ4n) is 2.18. The molecule has 0 bridgehead atoms. The van der Waals surface area contributed by atoms with Crippen molar-refractivity contribution in [2.45, 2.75) is 31.7 Å². The van der Waals surface area contributed by atoms with Gasteiger partial charge in [-0.05, 0) is 38.8 Å². The second kappa shape index (κ2) is 5.84. The summed E-state index contributed by atoms with van der Waals surface area (Å²) in [6, 6.07) is 0.445. The van der Waals surface area contributed by atoms with Crippen LogP contribution in [0.25, 0.3) is 0 Å². The second-order valence-corrected chi connectivity index (χ2v) is 4.71. The molecule has 2 N–H and O–H groups in total. The molecule has 1 heterocycles. The number of hydrogen-bond donors (Lipinski definition) is 2. The number of rotatable bonds is 4. The summed E-state index contributed by atoms with van der Waals surface area (Å²) in [7, 11) is 1.67. The summed E-state index contributed by atoms with van der Waals surface area (Å²) in [5.74, 6) is 0.202. The molecule has 0 atom stereocenters. The van der Waals surface area contributed by atoms with Crippen LogP contribution in [0.4, 0.5) is 0 Å². The molecule has 2 fully saturated rings. The molecule has 1 saturated heterocycles. The summed E-state index contributed by atoms with van der Waals surface area (Å²) >= 11 is 0. The zero-order valence-electron chi connectivity index (χ0n) is 9.75. The molecule has 5 heteroatoms. The van der Waals surface area contributed by atoms with Crippen LogP contribution in [0.1, 0.15) is 25.7 Å². The monoisotopic (exact) mass is 248 g/mol. The van der Waals surface area contributed by atoms with Crippen LogP contribution in [0.2, 0.25) is 0 Å². The van der Waals surface area contributed by atoms with Gasteiger partial charge in [-0.3, -0.25) is 4.79 Å². The fourth-order valence-corrected chi connectivity index (χ4v) is 2.18. The van der Waals surface area contributed by atoms with Crippen molar-refractivity contribution in [3.63, 3.8) is 0 Å². The first-order valence-corrected chi connectivity index (χ1v) is 5.77. The Bertz CT molecular complexity index is 233. The van der Waals surface area contributed by atoms with E-state index in [1.54, 1.807) is 7.11 Å². The predicted molar refractivity (Wildman–Crippen MR) is 64.8 cm³/mol. The van der Waals surface area contributed by atoms with E-state index in [1.165, 1.54) is 0 Å². The standard InChI is InChI=1S/C11H20N2O2.ClH/c1-15-8-11(4-6-12-7-5-11)10(14)13-9-2-3-9;/h9,12H,2-8H2,1H3,(H,13,14);1H. The smallest absolute Gasteiger partial charge is 0.228 e. The van der Waals surface area contributed by atoms with Gasteiger partial charge in [-0.25, -0.2) is 0 Å². The lowest BCUT2D eigenvalue weighted by molar-refractivity contribution is -0.136. The lowest BCUT2D eigenvalue weighted by Gasteiger charge is -2.35. The fraction of sp³-hybridized carbons (Fsp3) is 0.909. The van der Waals surface area contributed by atoms with Crippen molar-refractivity contribution in [2.24, 2.45) is 5.41 Å². The van der Waals surface area contributed by atoms with Gasteiger partial charge in [0.25, 0.3) is 0 Å². The minimum atomic E-state index is -0.275. The van der Waals surface area contributed by atoms with Crippen LogP contribution < -0.4 is 10.6 Å². The Morgan fingerprint density at radius 3 is 2.56 bits per heavy atom. The third-order valence-corrected chi connectivity index (χ3v) is 3.38. The van der Waals surface area contributed by atoms with Crippen molar-refractivity contribution in [3.05, 3.63) is 0 Å². The highest BCUT2D eigenvalue weighted by Crippen LogP contribution is 2.31. The molecule has 2 rings (SSSR count). The Balaban J connectivity index is 0.00000128. The Hall–Kier alpha value is -0.320. The van der Waals surface area contributed by atoms with Crippen LogP contribution in [-0.4, -0.2) is 38.8 Å². The van der Waals surface area contributed by atoms with Crippen molar-refractivity contribution >= 4 is 18.3 Å². The third kappa shape index (κ3) is 3.09. The van der Waals surface area contributed by atoms with Gasteiger partial charge in [0.15, 0.2) is 0 Å². The average molecular weight is 249 g/mol. The molecule has 1 aliphatic carbocycles. The van der Waals surface area contributed by atoms with Crippen LogP contribution in [0.3, 0.4) is 0 Å². The van der Waals surface area contributed by atoms with Crippen LogP contribution in [0.5, 0.6) is 0 Å². The molecule has 1 amide bonds. The number of amides is 1. The van der Waals surface area contributed by atoms with Gasteiger partial charge < -0.3 is 15.4 Å². The van der Waals surface area contributed by atoms with Crippen LogP contribution in [0.15, 0.2) is 0 Å². The third-order valence-electron chi connectivity index (χ3n) is 3.38. The summed E-state index contributed by atoms with van der Waals surface area (Å²) < 4.78 is 5.22. The van der Waals surface area contributed by atoms with Gasteiger partial charge in [0.2, 0.25) is 5.91 Å². The minimum absolute atomic E-state index is 0. The van der Waals surface area contributed by atoms with E-state index in [2.05, 4.69) is 10.6 Å². The molecular formula is C11H21ClN2O2. The first-order chi connectivity index (χ1) is 7.27. The van der Waals surface area contributed by atoms with Gasteiger partial charge in [-0.15, -0.1) is 12.4 Å².